The van der Waals surface area contributed by atoms with Crippen LogP contribution < -0.4 is 0 Å². The predicted molar refractivity (Wildman–Crippen MR) is 113 cm³/mol. The second-order valence-corrected chi connectivity index (χ2v) is 8.40. The summed E-state index contributed by atoms with van der Waals surface area (Å²) in [4.78, 5) is 32.8. The molecular weight excluding hydrogens is 496 g/mol. The lowest BCUT2D eigenvalue weighted by molar-refractivity contribution is -0.152. The van der Waals surface area contributed by atoms with Crippen molar-refractivity contribution in [1.29, 1.82) is 0 Å². The Morgan fingerprint density at radius 3 is 1.96 bits per heavy atom. The lowest BCUT2D eigenvalue weighted by atomic mass is 9.81. The Morgan fingerprint density at radius 2 is 1.57 bits per heavy atom. The first kappa shape index (κ1) is 24.3. The predicted octanol–water partition coefficient (Wildman–Crippen LogP) is 3.82. The minimum absolute atomic E-state index is 0.123. The molecule has 0 radical (unpaired) electrons. The van der Waals surface area contributed by atoms with Crippen molar-refractivity contribution in [2.45, 2.75) is 39.7 Å². The maximum Gasteiger partial charge on any atom is 0.314 e. The molecule has 0 aromatic heterocycles. The number of carboxylic acid groups (broad SMARTS) is 2. The van der Waals surface area contributed by atoms with Gasteiger partial charge >= 0.3 is 11.9 Å². The highest BCUT2D eigenvalue weighted by Crippen LogP contribution is 2.39. The number of aryl methyl sites for hydroxylation is 3. The summed E-state index contributed by atoms with van der Waals surface area (Å²) in [7, 11) is 0. The van der Waals surface area contributed by atoms with Gasteiger partial charge in [0.1, 0.15) is 5.92 Å². The zero-order chi connectivity index (χ0) is 21.8. The Balaban J connectivity index is 0.000000283. The van der Waals surface area contributed by atoms with Crippen LogP contribution in [0.4, 0.5) is 0 Å². The van der Waals surface area contributed by atoms with Crippen molar-refractivity contribution in [3.8, 4) is 0 Å². The molecular formula is C20H22Br2O6. The molecule has 1 aromatic carbocycles. The zero-order valence-corrected chi connectivity index (χ0v) is 19.1. The van der Waals surface area contributed by atoms with Crippen molar-refractivity contribution in [3.05, 3.63) is 55.5 Å². The van der Waals surface area contributed by atoms with Gasteiger partial charge < -0.3 is 15.3 Å². The van der Waals surface area contributed by atoms with Crippen molar-refractivity contribution in [3.63, 3.8) is 0 Å². The topological polar surface area (TPSA) is 112 Å². The van der Waals surface area contributed by atoms with Crippen molar-refractivity contribution in [2.24, 2.45) is 5.92 Å². The van der Waals surface area contributed by atoms with Gasteiger partial charge in [0.05, 0.1) is 6.42 Å². The monoisotopic (exact) mass is 516 g/mol. The number of rotatable bonds is 4. The first-order chi connectivity index (χ1) is 12.8. The second-order valence-electron chi connectivity index (χ2n) is 6.63. The van der Waals surface area contributed by atoms with Crippen LogP contribution in [0.25, 0.3) is 0 Å². The average Bonchev–Trinajstić information content (AvgIpc) is 2.54. The Hall–Kier alpha value is -1.77. The van der Waals surface area contributed by atoms with Crippen LogP contribution in [0.1, 0.15) is 29.2 Å². The Morgan fingerprint density at radius 1 is 1.07 bits per heavy atom. The summed E-state index contributed by atoms with van der Waals surface area (Å²) in [5.41, 5.74) is 2.25. The Labute approximate surface area is 180 Å². The van der Waals surface area contributed by atoms with Gasteiger partial charge in [-0.2, -0.15) is 0 Å². The molecule has 2 rings (SSSR count). The molecule has 0 saturated heterocycles. The van der Waals surface area contributed by atoms with E-state index in [0.29, 0.717) is 4.48 Å². The number of carbonyl (C=O) groups is 3. The number of Topliss-reactive ketones (excluding diaryl/α,β-unsaturated/α-hetero) is 1. The van der Waals surface area contributed by atoms with E-state index in [2.05, 4.69) is 31.9 Å². The van der Waals surface area contributed by atoms with Gasteiger partial charge in [0.25, 0.3) is 0 Å². The van der Waals surface area contributed by atoms with Crippen LogP contribution in [0.3, 0.4) is 0 Å². The van der Waals surface area contributed by atoms with E-state index in [9.17, 15) is 19.5 Å². The summed E-state index contributed by atoms with van der Waals surface area (Å²) < 4.78 is 0.650. The van der Waals surface area contributed by atoms with E-state index >= 15 is 0 Å². The van der Waals surface area contributed by atoms with E-state index in [1.165, 1.54) is 17.7 Å². The van der Waals surface area contributed by atoms with Crippen LogP contribution in [0.5, 0.6) is 0 Å². The van der Waals surface area contributed by atoms with Gasteiger partial charge in [-0.15, -0.1) is 0 Å². The van der Waals surface area contributed by atoms with Crippen LogP contribution in [0.15, 0.2) is 33.2 Å². The number of carboxylic acids is 2. The fourth-order valence-electron chi connectivity index (χ4n) is 2.98. The first-order valence-corrected chi connectivity index (χ1v) is 9.89. The molecule has 1 aliphatic rings. The number of allylic oxidation sites excluding steroid dienone is 2. The number of halogens is 2. The normalized spacial score (nSPS) is 21.0. The minimum Gasteiger partial charge on any atom is -0.481 e. The largest absolute Gasteiger partial charge is 0.481 e. The third-order valence-electron chi connectivity index (χ3n) is 4.38. The van der Waals surface area contributed by atoms with Gasteiger partial charge in [0.2, 0.25) is 0 Å². The number of ketones is 1. The lowest BCUT2D eigenvalue weighted by Gasteiger charge is -2.32. The number of hydrogen-bond acceptors (Lipinski definition) is 4. The van der Waals surface area contributed by atoms with Crippen LogP contribution in [-0.2, 0) is 20.8 Å². The molecule has 0 saturated carbocycles. The quantitative estimate of drug-likeness (QED) is 0.559. The molecule has 8 heteroatoms. The van der Waals surface area contributed by atoms with Crippen LogP contribution in [0, 0.1) is 26.7 Å². The number of benzene rings is 1. The van der Waals surface area contributed by atoms with E-state index in [1.54, 1.807) is 0 Å². The fraction of sp³-hybridized carbons (Fsp3) is 0.350. The SMILES string of the molecule is CC(=O)C1(O)C(Br)=CC(Br)=CC1C(=O)O.Cc1cc(C)c(CC(=O)O)c(C)c1. The summed E-state index contributed by atoms with van der Waals surface area (Å²) in [5, 5.41) is 27.7. The first-order valence-electron chi connectivity index (χ1n) is 8.30. The third-order valence-corrected chi connectivity index (χ3v) is 5.70. The molecule has 3 N–H and O–H groups in total. The van der Waals surface area contributed by atoms with Gasteiger partial charge in [0.15, 0.2) is 11.4 Å². The maximum absolute atomic E-state index is 11.3. The van der Waals surface area contributed by atoms with Crippen molar-refractivity contribution >= 4 is 49.6 Å². The molecule has 1 aromatic rings. The summed E-state index contributed by atoms with van der Waals surface area (Å²) >= 11 is 6.12. The molecule has 0 amide bonds. The molecule has 1 aliphatic carbocycles. The highest BCUT2D eigenvalue weighted by molar-refractivity contribution is 9.12. The van der Waals surface area contributed by atoms with E-state index in [0.717, 1.165) is 23.6 Å². The van der Waals surface area contributed by atoms with Gasteiger partial charge in [0, 0.05) is 8.96 Å². The van der Waals surface area contributed by atoms with E-state index in [4.69, 9.17) is 10.2 Å². The third kappa shape index (κ3) is 5.62. The van der Waals surface area contributed by atoms with Crippen LogP contribution in [-0.4, -0.2) is 38.6 Å². The van der Waals surface area contributed by atoms with E-state index in [-0.39, 0.29) is 10.9 Å². The lowest BCUT2D eigenvalue weighted by Crippen LogP contribution is -2.49. The summed E-state index contributed by atoms with van der Waals surface area (Å²) in [6.07, 6.45) is 2.87. The molecule has 0 bridgehead atoms. The van der Waals surface area contributed by atoms with Gasteiger partial charge in [-0.05, 0) is 50.5 Å². The smallest absolute Gasteiger partial charge is 0.314 e. The molecule has 0 fully saturated rings. The molecule has 28 heavy (non-hydrogen) atoms. The molecule has 2 unspecified atom stereocenters. The summed E-state index contributed by atoms with van der Waals surface area (Å²) in [6.45, 7) is 7.08. The molecule has 6 nitrogen and oxygen atoms in total. The van der Waals surface area contributed by atoms with Crippen LogP contribution >= 0.6 is 31.9 Å². The van der Waals surface area contributed by atoms with Gasteiger partial charge in [-0.25, -0.2) is 0 Å². The average molecular weight is 518 g/mol. The number of aliphatic hydroxyl groups is 1. The number of carbonyl (C=O) groups excluding carboxylic acids is 1. The maximum atomic E-state index is 11.3. The fourth-order valence-corrected chi connectivity index (χ4v) is 4.56. The molecule has 0 aliphatic heterocycles. The van der Waals surface area contributed by atoms with Gasteiger partial charge in [-0.3, -0.25) is 14.4 Å². The van der Waals surface area contributed by atoms with E-state index < -0.39 is 29.2 Å². The summed E-state index contributed by atoms with van der Waals surface area (Å²) in [6, 6.07) is 4.04. The highest BCUT2D eigenvalue weighted by Gasteiger charge is 2.48. The second kappa shape index (κ2) is 9.62. The molecule has 2 atom stereocenters. The summed E-state index contributed by atoms with van der Waals surface area (Å²) in [5.74, 6) is -3.93. The molecule has 152 valence electrons. The zero-order valence-electron chi connectivity index (χ0n) is 15.9. The van der Waals surface area contributed by atoms with Crippen molar-refractivity contribution in [2.75, 3.05) is 0 Å². The highest BCUT2D eigenvalue weighted by atomic mass is 79.9. The minimum atomic E-state index is -2.01. The van der Waals surface area contributed by atoms with Gasteiger partial charge in [-0.1, -0.05) is 55.6 Å². The van der Waals surface area contributed by atoms with Crippen molar-refractivity contribution < 1.29 is 29.7 Å². The molecule has 0 spiro atoms. The number of aliphatic carboxylic acids is 2. The molecule has 0 heterocycles. The van der Waals surface area contributed by atoms with E-state index in [1.807, 2.05) is 32.9 Å². The number of hydrogen-bond donors (Lipinski definition) is 3. The Bertz CT molecular complexity index is 848. The van der Waals surface area contributed by atoms with Crippen LogP contribution in [0.2, 0.25) is 0 Å². The Kier molecular flexibility index (Phi) is 8.34. The van der Waals surface area contributed by atoms with Crippen molar-refractivity contribution in [1.82, 2.24) is 0 Å². The standard InChI is InChI=1S/C11H14O2.C9H8Br2O4/c1-7-4-8(2)10(6-11(12)13)9(3)5-7;1-4(12)9(15)6(8(13)14)2-5(10)3-7(9)11/h4-5H,6H2,1-3H3,(H,12,13);2-3,6,15H,1H3,(H,13,14).